The van der Waals surface area contributed by atoms with Gasteiger partial charge >= 0.3 is 5.97 Å². The van der Waals surface area contributed by atoms with Crippen LogP contribution in [-0.4, -0.2) is 31.3 Å². The zero-order chi connectivity index (χ0) is 14.1. The number of aromatic carboxylic acids is 1. The summed E-state index contributed by atoms with van der Waals surface area (Å²) >= 11 is 0. The molecule has 0 amide bonds. The van der Waals surface area contributed by atoms with Gasteiger partial charge in [-0.1, -0.05) is 0 Å². The Hall–Kier alpha value is -2.51. The molecule has 3 rings (SSSR count). The van der Waals surface area contributed by atoms with E-state index < -0.39 is 11.8 Å². The first-order chi connectivity index (χ1) is 9.65. The van der Waals surface area contributed by atoms with E-state index in [2.05, 4.69) is 15.5 Å². The van der Waals surface area contributed by atoms with Gasteiger partial charge in [-0.2, -0.15) is 0 Å². The first kappa shape index (κ1) is 12.5. The van der Waals surface area contributed by atoms with Crippen LogP contribution in [0.25, 0.3) is 0 Å². The van der Waals surface area contributed by atoms with Crippen LogP contribution < -0.4 is 4.74 Å². The predicted octanol–water partition coefficient (Wildman–Crippen LogP) is 1.42. The maximum Gasteiger partial charge on any atom is 0.339 e. The molecule has 1 aliphatic rings. The Morgan fingerprint density at radius 3 is 3.00 bits per heavy atom. The summed E-state index contributed by atoms with van der Waals surface area (Å²) in [4.78, 5) is 11.0. The zero-order valence-electron chi connectivity index (χ0n) is 10.4. The minimum Gasteiger partial charge on any atom is -0.485 e. The quantitative estimate of drug-likeness (QED) is 0.889. The lowest BCUT2D eigenvalue weighted by molar-refractivity contribution is 0.0691. The van der Waals surface area contributed by atoms with Crippen LogP contribution in [0.3, 0.4) is 0 Å². The maximum absolute atomic E-state index is 13.2. The first-order valence-electron chi connectivity index (χ1n) is 6.07. The van der Waals surface area contributed by atoms with Crippen LogP contribution in [0.15, 0.2) is 18.2 Å². The number of hydrogen-bond donors (Lipinski definition) is 1. The van der Waals surface area contributed by atoms with E-state index in [0.717, 1.165) is 31.0 Å². The second kappa shape index (κ2) is 4.87. The van der Waals surface area contributed by atoms with Crippen molar-refractivity contribution in [2.75, 3.05) is 0 Å². The average molecular weight is 278 g/mol. The molecule has 7 nitrogen and oxygen atoms in total. The third-order valence-corrected chi connectivity index (χ3v) is 2.98. The largest absolute Gasteiger partial charge is 0.485 e. The molecule has 0 bridgehead atoms. The molecule has 1 heterocycles. The van der Waals surface area contributed by atoms with Crippen molar-refractivity contribution in [2.45, 2.75) is 25.5 Å². The van der Waals surface area contributed by atoms with Crippen LogP contribution in [-0.2, 0) is 6.61 Å². The third kappa shape index (κ3) is 2.44. The number of carboxylic acids is 1. The fraction of sp³-hybridized carbons (Fsp3) is 0.333. The Labute approximate surface area is 113 Å². The summed E-state index contributed by atoms with van der Waals surface area (Å²) < 4.78 is 20.2. The van der Waals surface area contributed by atoms with Crippen molar-refractivity contribution in [1.29, 1.82) is 0 Å². The van der Waals surface area contributed by atoms with Crippen molar-refractivity contribution < 1.29 is 19.0 Å². The van der Waals surface area contributed by atoms with Gasteiger partial charge in [0.05, 0.1) is 6.04 Å². The summed E-state index contributed by atoms with van der Waals surface area (Å²) in [6, 6.07) is 3.56. The van der Waals surface area contributed by atoms with E-state index in [0.29, 0.717) is 5.82 Å². The van der Waals surface area contributed by atoms with Crippen LogP contribution in [0.5, 0.6) is 5.75 Å². The number of tetrazole rings is 1. The topological polar surface area (TPSA) is 90.1 Å². The van der Waals surface area contributed by atoms with Crippen molar-refractivity contribution >= 4 is 5.97 Å². The van der Waals surface area contributed by atoms with Gasteiger partial charge in [-0.25, -0.2) is 13.9 Å². The van der Waals surface area contributed by atoms with Gasteiger partial charge in [-0.05, 0) is 35.4 Å². The van der Waals surface area contributed by atoms with E-state index >= 15 is 0 Å². The molecule has 1 aromatic carbocycles. The van der Waals surface area contributed by atoms with Crippen LogP contribution in [0.2, 0.25) is 0 Å². The fourth-order valence-corrected chi connectivity index (χ4v) is 1.84. The highest BCUT2D eigenvalue weighted by Crippen LogP contribution is 2.34. The van der Waals surface area contributed by atoms with Crippen LogP contribution in [0.4, 0.5) is 4.39 Å². The van der Waals surface area contributed by atoms with Crippen LogP contribution >= 0.6 is 0 Å². The predicted molar refractivity (Wildman–Crippen MR) is 63.8 cm³/mol. The molecule has 1 fully saturated rings. The van der Waals surface area contributed by atoms with Gasteiger partial charge in [0.25, 0.3) is 0 Å². The molecule has 0 radical (unpaired) electrons. The minimum absolute atomic E-state index is 0.00671. The monoisotopic (exact) mass is 278 g/mol. The summed E-state index contributed by atoms with van der Waals surface area (Å²) in [5, 5.41) is 20.3. The Kier molecular flexibility index (Phi) is 3.05. The lowest BCUT2D eigenvalue weighted by Crippen LogP contribution is -2.09. The Morgan fingerprint density at radius 2 is 2.30 bits per heavy atom. The Balaban J connectivity index is 1.79. The number of hydrogen-bond acceptors (Lipinski definition) is 5. The Bertz CT molecular complexity index is 654. The molecule has 1 aromatic heterocycles. The standard InChI is InChI=1S/C12H11FN4O3/c13-7-1-4-9(12(18)19)10(5-7)20-6-11-14-15-16-17(11)8-2-3-8/h1,4-5,8H,2-3,6H2,(H,18,19). The molecule has 0 unspecified atom stereocenters. The molecule has 20 heavy (non-hydrogen) atoms. The molecule has 0 aliphatic heterocycles. The SMILES string of the molecule is O=C(O)c1ccc(F)cc1OCc1nnnn1C1CC1. The van der Waals surface area contributed by atoms with E-state index in [-0.39, 0.29) is 24.0 Å². The molecule has 1 N–H and O–H groups in total. The molecule has 0 atom stereocenters. The molecule has 1 aliphatic carbocycles. The third-order valence-electron chi connectivity index (χ3n) is 2.98. The number of aromatic nitrogens is 4. The molecule has 8 heteroatoms. The molecular weight excluding hydrogens is 267 g/mol. The second-order valence-corrected chi connectivity index (χ2v) is 4.51. The normalized spacial score (nSPS) is 14.2. The van der Waals surface area contributed by atoms with E-state index in [9.17, 15) is 9.18 Å². The lowest BCUT2D eigenvalue weighted by Gasteiger charge is -2.09. The summed E-state index contributed by atoms with van der Waals surface area (Å²) in [5.41, 5.74) is -0.100. The van der Waals surface area contributed by atoms with Crippen molar-refractivity contribution in [3.63, 3.8) is 0 Å². The number of benzene rings is 1. The van der Waals surface area contributed by atoms with Crippen molar-refractivity contribution in [2.24, 2.45) is 0 Å². The summed E-state index contributed by atoms with van der Waals surface area (Å²) in [7, 11) is 0. The minimum atomic E-state index is -1.18. The fourth-order valence-electron chi connectivity index (χ4n) is 1.84. The van der Waals surface area contributed by atoms with Gasteiger partial charge in [-0.3, -0.25) is 0 Å². The highest BCUT2D eigenvalue weighted by atomic mass is 19.1. The molecule has 0 saturated heterocycles. The van der Waals surface area contributed by atoms with Gasteiger partial charge in [0, 0.05) is 6.07 Å². The van der Waals surface area contributed by atoms with Crippen LogP contribution in [0.1, 0.15) is 35.1 Å². The number of halogens is 1. The van der Waals surface area contributed by atoms with E-state index in [1.165, 1.54) is 0 Å². The van der Waals surface area contributed by atoms with E-state index in [1.54, 1.807) is 4.68 Å². The summed E-state index contributed by atoms with van der Waals surface area (Å²) in [6.45, 7) is -0.00671. The van der Waals surface area contributed by atoms with Crippen LogP contribution in [0, 0.1) is 5.82 Å². The molecule has 1 saturated carbocycles. The summed E-state index contributed by atoms with van der Waals surface area (Å²) in [5.74, 6) is -1.29. The number of carboxylic acid groups (broad SMARTS) is 1. The number of carbonyl (C=O) groups is 1. The molecule has 2 aromatic rings. The average Bonchev–Trinajstić information content (AvgIpc) is 3.15. The van der Waals surface area contributed by atoms with Gasteiger partial charge < -0.3 is 9.84 Å². The zero-order valence-corrected chi connectivity index (χ0v) is 10.4. The van der Waals surface area contributed by atoms with Crippen molar-refractivity contribution in [3.05, 3.63) is 35.4 Å². The van der Waals surface area contributed by atoms with Crippen molar-refractivity contribution in [3.8, 4) is 5.75 Å². The maximum atomic E-state index is 13.2. The smallest absolute Gasteiger partial charge is 0.339 e. The number of rotatable bonds is 5. The van der Waals surface area contributed by atoms with Gasteiger partial charge in [0.2, 0.25) is 0 Å². The van der Waals surface area contributed by atoms with Gasteiger partial charge in [-0.15, -0.1) is 5.10 Å². The van der Waals surface area contributed by atoms with Gasteiger partial charge in [0.15, 0.2) is 5.82 Å². The molecule has 0 spiro atoms. The van der Waals surface area contributed by atoms with E-state index in [1.807, 2.05) is 0 Å². The first-order valence-corrected chi connectivity index (χ1v) is 6.07. The molecular formula is C12H11FN4O3. The summed E-state index contributed by atoms with van der Waals surface area (Å²) in [6.07, 6.45) is 2.02. The highest BCUT2D eigenvalue weighted by Gasteiger charge is 2.28. The lowest BCUT2D eigenvalue weighted by atomic mass is 10.2. The second-order valence-electron chi connectivity index (χ2n) is 4.51. The number of nitrogens with zero attached hydrogens (tertiary/aromatic N) is 4. The Morgan fingerprint density at radius 1 is 1.50 bits per heavy atom. The van der Waals surface area contributed by atoms with E-state index in [4.69, 9.17) is 9.84 Å². The van der Waals surface area contributed by atoms with Gasteiger partial charge in [0.1, 0.15) is 23.7 Å². The highest BCUT2D eigenvalue weighted by molar-refractivity contribution is 5.90. The van der Waals surface area contributed by atoms with Crippen molar-refractivity contribution in [1.82, 2.24) is 20.2 Å². The number of ether oxygens (including phenoxy) is 1. The molecule has 104 valence electrons.